The highest BCUT2D eigenvalue weighted by molar-refractivity contribution is 9.10. The molecular formula is C14H9BrCl2N2O2. The Kier molecular flexibility index (Phi) is 3.84. The summed E-state index contributed by atoms with van der Waals surface area (Å²) in [6.45, 7) is 0. The van der Waals surface area contributed by atoms with Crippen molar-refractivity contribution in [1.82, 2.24) is 9.97 Å². The molecule has 7 heteroatoms. The van der Waals surface area contributed by atoms with E-state index in [9.17, 15) is 9.90 Å². The lowest BCUT2D eigenvalue weighted by molar-refractivity contribution is 0.219. The number of aromatic amines is 2. The number of benzene rings is 2. The molecule has 1 atom stereocenters. The minimum atomic E-state index is -0.892. The first-order valence-corrected chi connectivity index (χ1v) is 7.55. The van der Waals surface area contributed by atoms with Gasteiger partial charge >= 0.3 is 5.69 Å². The summed E-state index contributed by atoms with van der Waals surface area (Å²) >= 11 is 15.3. The lowest BCUT2D eigenvalue weighted by atomic mass is 10.0. The molecule has 3 N–H and O–H groups in total. The van der Waals surface area contributed by atoms with Crippen LogP contribution >= 0.6 is 39.1 Å². The Hall–Kier alpha value is -1.27. The lowest BCUT2D eigenvalue weighted by Gasteiger charge is -2.14. The number of imidazole rings is 1. The molecule has 2 aromatic carbocycles. The number of nitrogens with one attached hydrogen (secondary N) is 2. The van der Waals surface area contributed by atoms with E-state index in [-0.39, 0.29) is 5.69 Å². The van der Waals surface area contributed by atoms with Crippen molar-refractivity contribution in [2.75, 3.05) is 0 Å². The second-order valence-electron chi connectivity index (χ2n) is 4.57. The molecule has 1 aromatic heterocycles. The molecule has 0 radical (unpaired) electrons. The van der Waals surface area contributed by atoms with Crippen LogP contribution in [-0.4, -0.2) is 15.1 Å². The molecule has 0 saturated carbocycles. The topological polar surface area (TPSA) is 68.9 Å². The maximum absolute atomic E-state index is 11.3. The molecule has 0 amide bonds. The summed E-state index contributed by atoms with van der Waals surface area (Å²) in [5, 5.41) is 11.3. The van der Waals surface area contributed by atoms with Gasteiger partial charge in [-0.1, -0.05) is 45.2 Å². The summed E-state index contributed by atoms with van der Waals surface area (Å²) in [5.74, 6) is 0. The minimum absolute atomic E-state index is 0.293. The second-order valence-corrected chi connectivity index (χ2v) is 6.24. The van der Waals surface area contributed by atoms with Crippen LogP contribution < -0.4 is 5.69 Å². The fourth-order valence-corrected chi connectivity index (χ4v) is 3.01. The van der Waals surface area contributed by atoms with Crippen molar-refractivity contribution < 1.29 is 5.11 Å². The summed E-state index contributed by atoms with van der Waals surface area (Å²) in [6.07, 6.45) is -0.892. The van der Waals surface area contributed by atoms with Gasteiger partial charge < -0.3 is 15.1 Å². The Balaban J connectivity index is 2.11. The number of fused-ring (bicyclic) bond motifs is 1. The summed E-state index contributed by atoms with van der Waals surface area (Å²) in [6, 6.07) is 8.40. The number of rotatable bonds is 2. The van der Waals surface area contributed by atoms with E-state index < -0.39 is 6.10 Å². The summed E-state index contributed by atoms with van der Waals surface area (Å²) in [5.41, 5.74) is 2.23. The van der Waals surface area contributed by atoms with Crippen LogP contribution in [0.3, 0.4) is 0 Å². The molecule has 1 unspecified atom stereocenters. The molecule has 0 aliphatic heterocycles. The maximum Gasteiger partial charge on any atom is 0.323 e. The van der Waals surface area contributed by atoms with Gasteiger partial charge in [0.05, 0.1) is 21.1 Å². The van der Waals surface area contributed by atoms with E-state index in [2.05, 4.69) is 25.9 Å². The average Bonchev–Trinajstić information content (AvgIpc) is 2.79. The Morgan fingerprint density at radius 2 is 1.71 bits per heavy atom. The van der Waals surface area contributed by atoms with E-state index in [1.807, 2.05) is 0 Å². The highest BCUT2D eigenvalue weighted by Gasteiger charge is 2.16. The number of aliphatic hydroxyl groups excluding tert-OH is 1. The number of aliphatic hydroxyl groups is 1. The zero-order chi connectivity index (χ0) is 15.1. The van der Waals surface area contributed by atoms with Crippen molar-refractivity contribution >= 4 is 50.2 Å². The van der Waals surface area contributed by atoms with Gasteiger partial charge in [0.15, 0.2) is 0 Å². The third-order valence-corrected chi connectivity index (χ3v) is 4.61. The first-order valence-electron chi connectivity index (χ1n) is 6.00. The van der Waals surface area contributed by atoms with E-state index in [1.165, 1.54) is 0 Å². The predicted molar refractivity (Wildman–Crippen MR) is 87.1 cm³/mol. The van der Waals surface area contributed by atoms with Crippen molar-refractivity contribution in [1.29, 1.82) is 0 Å². The molecular weight excluding hydrogens is 379 g/mol. The van der Waals surface area contributed by atoms with Crippen molar-refractivity contribution in [3.05, 3.63) is 66.5 Å². The van der Waals surface area contributed by atoms with Crippen LogP contribution in [0, 0.1) is 0 Å². The fourth-order valence-electron chi connectivity index (χ4n) is 2.14. The smallest absolute Gasteiger partial charge is 0.323 e. The number of hydrogen-bond donors (Lipinski definition) is 3. The van der Waals surface area contributed by atoms with Crippen molar-refractivity contribution in [2.24, 2.45) is 0 Å². The first-order chi connectivity index (χ1) is 9.95. The molecule has 108 valence electrons. The first kappa shape index (κ1) is 14.7. The quantitative estimate of drug-likeness (QED) is 0.621. The largest absolute Gasteiger partial charge is 0.384 e. The lowest BCUT2D eigenvalue weighted by Crippen LogP contribution is -2.01. The SMILES string of the molecule is O=c1[nH]c2cc(Br)c(C(O)c3ccc(Cl)c(Cl)c3)cc2[nH]1. The second kappa shape index (κ2) is 5.50. The van der Waals surface area contributed by atoms with E-state index in [0.717, 1.165) is 0 Å². The van der Waals surface area contributed by atoms with Crippen molar-refractivity contribution in [3.63, 3.8) is 0 Å². The molecule has 0 fully saturated rings. The average molecular weight is 388 g/mol. The van der Waals surface area contributed by atoms with Crippen LogP contribution in [0.25, 0.3) is 11.0 Å². The molecule has 3 aromatic rings. The number of H-pyrrole nitrogens is 2. The Labute approximate surface area is 137 Å². The molecule has 1 heterocycles. The van der Waals surface area contributed by atoms with Gasteiger partial charge in [0.2, 0.25) is 0 Å². The third kappa shape index (κ3) is 2.74. The monoisotopic (exact) mass is 386 g/mol. The highest BCUT2D eigenvalue weighted by Crippen LogP contribution is 2.33. The Morgan fingerprint density at radius 1 is 1.05 bits per heavy atom. The van der Waals surface area contributed by atoms with Gasteiger partial charge in [-0.2, -0.15) is 0 Å². The Bertz CT molecular complexity index is 888. The molecule has 0 aliphatic carbocycles. The van der Waals surface area contributed by atoms with Crippen LogP contribution in [-0.2, 0) is 0 Å². The van der Waals surface area contributed by atoms with Crippen molar-refractivity contribution in [2.45, 2.75) is 6.10 Å². The van der Waals surface area contributed by atoms with Gasteiger partial charge in [-0.25, -0.2) is 4.79 Å². The number of aromatic nitrogens is 2. The molecule has 0 aliphatic rings. The number of halogens is 3. The highest BCUT2D eigenvalue weighted by atomic mass is 79.9. The summed E-state index contributed by atoms with van der Waals surface area (Å²) < 4.78 is 0.684. The van der Waals surface area contributed by atoms with Crippen LogP contribution in [0.1, 0.15) is 17.2 Å². The van der Waals surface area contributed by atoms with E-state index in [4.69, 9.17) is 23.2 Å². The third-order valence-electron chi connectivity index (χ3n) is 3.19. The summed E-state index contributed by atoms with van der Waals surface area (Å²) in [4.78, 5) is 16.6. The maximum atomic E-state index is 11.3. The van der Waals surface area contributed by atoms with Gasteiger partial charge in [-0.05, 0) is 29.8 Å². The van der Waals surface area contributed by atoms with Crippen LogP contribution in [0.5, 0.6) is 0 Å². The predicted octanol–water partition coefficient (Wildman–Crippen LogP) is 4.01. The van der Waals surface area contributed by atoms with Crippen LogP contribution in [0.15, 0.2) is 39.6 Å². The number of hydrogen-bond acceptors (Lipinski definition) is 2. The fraction of sp³-hybridized carbons (Fsp3) is 0.0714. The standard InChI is InChI=1S/C14H9BrCl2N2O2/c15-8-5-12-11(18-14(21)19-12)4-7(8)13(20)6-1-2-9(16)10(17)3-6/h1-5,13,20H,(H2,18,19,21). The normalized spacial score (nSPS) is 12.8. The molecule has 0 bridgehead atoms. The van der Waals surface area contributed by atoms with Gasteiger partial charge in [0.25, 0.3) is 0 Å². The van der Waals surface area contributed by atoms with E-state index >= 15 is 0 Å². The Morgan fingerprint density at radius 3 is 2.38 bits per heavy atom. The molecule has 0 spiro atoms. The molecule has 3 rings (SSSR count). The zero-order valence-electron chi connectivity index (χ0n) is 10.5. The van der Waals surface area contributed by atoms with Gasteiger partial charge in [0, 0.05) is 10.0 Å². The molecule has 4 nitrogen and oxygen atoms in total. The summed E-state index contributed by atoms with van der Waals surface area (Å²) in [7, 11) is 0. The van der Waals surface area contributed by atoms with Crippen LogP contribution in [0.2, 0.25) is 10.0 Å². The van der Waals surface area contributed by atoms with Gasteiger partial charge in [-0.15, -0.1) is 0 Å². The minimum Gasteiger partial charge on any atom is -0.384 e. The van der Waals surface area contributed by atoms with Gasteiger partial charge in [-0.3, -0.25) is 0 Å². The molecule has 0 saturated heterocycles. The molecule has 21 heavy (non-hydrogen) atoms. The van der Waals surface area contributed by atoms with Gasteiger partial charge in [0.1, 0.15) is 6.10 Å². The van der Waals surface area contributed by atoms with E-state index in [1.54, 1.807) is 30.3 Å². The van der Waals surface area contributed by atoms with E-state index in [0.29, 0.717) is 36.7 Å². The zero-order valence-corrected chi connectivity index (χ0v) is 13.6. The van der Waals surface area contributed by atoms with Crippen molar-refractivity contribution in [3.8, 4) is 0 Å². The van der Waals surface area contributed by atoms with Crippen LogP contribution in [0.4, 0.5) is 0 Å².